The van der Waals surface area contributed by atoms with E-state index in [1.54, 1.807) is 42.3 Å². The fourth-order valence-corrected chi connectivity index (χ4v) is 2.44. The molecule has 4 aromatic heterocycles. The number of furan rings is 1. The number of pyridine rings is 1. The zero-order valence-electron chi connectivity index (χ0n) is 12.2. The van der Waals surface area contributed by atoms with E-state index >= 15 is 0 Å². The molecule has 0 spiro atoms. The Morgan fingerprint density at radius 3 is 2.83 bits per heavy atom. The van der Waals surface area contributed by atoms with Crippen molar-refractivity contribution in [3.05, 3.63) is 53.4 Å². The monoisotopic (exact) mass is 308 g/mol. The van der Waals surface area contributed by atoms with Gasteiger partial charge in [0.15, 0.2) is 28.6 Å². The molecule has 8 heteroatoms. The minimum absolute atomic E-state index is 0.105. The summed E-state index contributed by atoms with van der Waals surface area (Å²) in [5.74, 6) is 1.39. The van der Waals surface area contributed by atoms with E-state index in [2.05, 4.69) is 15.0 Å². The lowest BCUT2D eigenvalue weighted by Gasteiger charge is -2.08. The lowest BCUT2D eigenvalue weighted by Crippen LogP contribution is -2.15. The van der Waals surface area contributed by atoms with Crippen molar-refractivity contribution in [2.45, 2.75) is 0 Å². The molecule has 0 aliphatic carbocycles. The summed E-state index contributed by atoms with van der Waals surface area (Å²) in [7, 11) is 1.68. The Hall–Kier alpha value is -3.42. The Morgan fingerprint density at radius 2 is 2.09 bits per heavy atom. The average Bonchev–Trinajstić information content (AvgIpc) is 3.17. The minimum atomic E-state index is -0.105. The lowest BCUT2D eigenvalue weighted by molar-refractivity contribution is 0.576. The molecule has 23 heavy (non-hydrogen) atoms. The zero-order chi connectivity index (χ0) is 16.0. The third kappa shape index (κ3) is 2.00. The van der Waals surface area contributed by atoms with Crippen LogP contribution < -0.4 is 11.3 Å². The van der Waals surface area contributed by atoms with Gasteiger partial charge in [0.25, 0.3) is 0 Å². The number of aryl methyl sites for hydroxylation is 1. The molecule has 0 aromatic carbocycles. The van der Waals surface area contributed by atoms with E-state index in [-0.39, 0.29) is 11.4 Å². The van der Waals surface area contributed by atoms with Crippen molar-refractivity contribution < 1.29 is 4.42 Å². The van der Waals surface area contributed by atoms with Crippen LogP contribution in [0.4, 0.5) is 5.82 Å². The zero-order valence-corrected chi connectivity index (χ0v) is 12.2. The van der Waals surface area contributed by atoms with Gasteiger partial charge >= 0.3 is 0 Å². The molecule has 0 saturated heterocycles. The van der Waals surface area contributed by atoms with Gasteiger partial charge in [-0.2, -0.15) is 0 Å². The number of anilines is 1. The normalized spacial score (nSPS) is 11.2. The molecule has 4 rings (SSSR count). The van der Waals surface area contributed by atoms with Crippen LogP contribution in [0.15, 0.2) is 52.3 Å². The number of imidazole rings is 1. The Kier molecular flexibility index (Phi) is 2.77. The van der Waals surface area contributed by atoms with Crippen LogP contribution in [-0.2, 0) is 7.05 Å². The van der Waals surface area contributed by atoms with E-state index in [4.69, 9.17) is 10.2 Å². The van der Waals surface area contributed by atoms with Crippen molar-refractivity contribution >= 4 is 17.0 Å². The first-order valence-corrected chi connectivity index (χ1v) is 6.85. The molecular weight excluding hydrogens is 296 g/mol. The van der Waals surface area contributed by atoms with Crippen LogP contribution in [0, 0.1) is 0 Å². The Morgan fingerprint density at radius 1 is 1.22 bits per heavy atom. The number of nitrogen functional groups attached to an aromatic ring is 1. The summed E-state index contributed by atoms with van der Waals surface area (Å²) < 4.78 is 8.73. The summed E-state index contributed by atoms with van der Waals surface area (Å²) in [5.41, 5.74) is 7.55. The van der Waals surface area contributed by atoms with E-state index in [0.29, 0.717) is 22.7 Å². The highest BCUT2D eigenvalue weighted by molar-refractivity contribution is 5.86. The van der Waals surface area contributed by atoms with Gasteiger partial charge in [-0.1, -0.05) is 0 Å². The van der Waals surface area contributed by atoms with E-state index in [9.17, 15) is 4.79 Å². The summed E-state index contributed by atoms with van der Waals surface area (Å²) in [6.45, 7) is 0. The quantitative estimate of drug-likeness (QED) is 0.599. The molecule has 0 bridgehead atoms. The number of fused-ring (bicyclic) bond motifs is 1. The van der Waals surface area contributed by atoms with Crippen LogP contribution in [0.25, 0.3) is 28.4 Å². The third-order valence-electron chi connectivity index (χ3n) is 3.54. The van der Waals surface area contributed by atoms with Crippen molar-refractivity contribution in [2.75, 3.05) is 5.73 Å². The molecule has 8 nitrogen and oxygen atoms in total. The fraction of sp³-hybridized carbons (Fsp3) is 0.0667. The van der Waals surface area contributed by atoms with Crippen LogP contribution in [0.2, 0.25) is 0 Å². The molecule has 4 aromatic rings. The minimum Gasteiger partial charge on any atom is -0.461 e. The van der Waals surface area contributed by atoms with Crippen molar-refractivity contribution in [3.8, 4) is 17.3 Å². The van der Waals surface area contributed by atoms with Gasteiger partial charge in [0.1, 0.15) is 6.33 Å². The SMILES string of the molecule is Cn1cc(-n2c(-c3ccco3)nc3c(N)ncnc32)ccc1=O. The lowest BCUT2D eigenvalue weighted by atomic mass is 10.3. The van der Waals surface area contributed by atoms with E-state index in [1.807, 2.05) is 0 Å². The number of rotatable bonds is 2. The first-order chi connectivity index (χ1) is 11.1. The second-order valence-electron chi connectivity index (χ2n) is 5.02. The second-order valence-corrected chi connectivity index (χ2v) is 5.02. The smallest absolute Gasteiger partial charge is 0.250 e. The van der Waals surface area contributed by atoms with Crippen molar-refractivity contribution in [3.63, 3.8) is 0 Å². The van der Waals surface area contributed by atoms with E-state index in [0.717, 1.165) is 5.69 Å². The number of aromatic nitrogens is 5. The largest absolute Gasteiger partial charge is 0.461 e. The Labute approximate surface area is 129 Å². The molecule has 2 N–H and O–H groups in total. The number of hydrogen-bond acceptors (Lipinski definition) is 6. The third-order valence-corrected chi connectivity index (χ3v) is 3.54. The molecule has 0 fully saturated rings. The maximum Gasteiger partial charge on any atom is 0.250 e. The second kappa shape index (κ2) is 4.80. The maximum absolute atomic E-state index is 11.6. The number of nitrogens with two attached hydrogens (primary N) is 1. The van der Waals surface area contributed by atoms with Gasteiger partial charge in [-0.05, 0) is 18.2 Å². The standard InChI is InChI=1S/C15H12N6O2/c1-20-7-9(4-5-11(20)22)21-14(10-3-2-6-23-10)19-12-13(16)17-8-18-15(12)21/h2-8H,1H3,(H2,16,17,18). The summed E-state index contributed by atoms with van der Waals surface area (Å²) in [5, 5.41) is 0. The highest BCUT2D eigenvalue weighted by Gasteiger charge is 2.19. The molecule has 0 amide bonds. The maximum atomic E-state index is 11.6. The summed E-state index contributed by atoms with van der Waals surface area (Å²) in [6.07, 6.45) is 4.65. The summed E-state index contributed by atoms with van der Waals surface area (Å²) in [6, 6.07) is 6.75. The van der Waals surface area contributed by atoms with Gasteiger partial charge in [-0.15, -0.1) is 0 Å². The predicted octanol–water partition coefficient (Wildman–Crippen LogP) is 1.36. The Balaban J connectivity index is 2.11. The fourth-order valence-electron chi connectivity index (χ4n) is 2.44. The van der Waals surface area contributed by atoms with Crippen molar-refractivity contribution in [1.29, 1.82) is 0 Å². The van der Waals surface area contributed by atoms with Crippen LogP contribution in [0.1, 0.15) is 0 Å². The van der Waals surface area contributed by atoms with Gasteiger partial charge in [0.05, 0.1) is 12.0 Å². The molecule has 0 radical (unpaired) electrons. The van der Waals surface area contributed by atoms with Crippen LogP contribution >= 0.6 is 0 Å². The highest BCUT2D eigenvalue weighted by atomic mass is 16.3. The molecule has 0 aliphatic heterocycles. The molecule has 4 heterocycles. The first kappa shape index (κ1) is 13.3. The van der Waals surface area contributed by atoms with Crippen molar-refractivity contribution in [2.24, 2.45) is 7.05 Å². The molecule has 0 unspecified atom stereocenters. The first-order valence-electron chi connectivity index (χ1n) is 6.85. The number of hydrogen-bond donors (Lipinski definition) is 1. The Bertz CT molecular complexity index is 1060. The van der Waals surface area contributed by atoms with Gasteiger partial charge in [-0.3, -0.25) is 9.36 Å². The molecule has 114 valence electrons. The highest BCUT2D eigenvalue weighted by Crippen LogP contribution is 2.28. The topological polar surface area (TPSA) is 105 Å². The van der Waals surface area contributed by atoms with Crippen LogP contribution in [-0.4, -0.2) is 24.1 Å². The van der Waals surface area contributed by atoms with E-state index in [1.165, 1.54) is 17.0 Å². The van der Waals surface area contributed by atoms with Crippen LogP contribution in [0.3, 0.4) is 0 Å². The van der Waals surface area contributed by atoms with Crippen LogP contribution in [0.5, 0.6) is 0 Å². The summed E-state index contributed by atoms with van der Waals surface area (Å²) in [4.78, 5) is 24.4. The van der Waals surface area contributed by atoms with Gasteiger partial charge in [-0.25, -0.2) is 15.0 Å². The summed E-state index contributed by atoms with van der Waals surface area (Å²) >= 11 is 0. The van der Waals surface area contributed by atoms with Gasteiger partial charge < -0.3 is 14.7 Å². The number of nitrogens with zero attached hydrogens (tertiary/aromatic N) is 5. The van der Waals surface area contributed by atoms with E-state index < -0.39 is 0 Å². The van der Waals surface area contributed by atoms with Gasteiger partial charge in [0.2, 0.25) is 5.56 Å². The molecule has 0 aliphatic rings. The van der Waals surface area contributed by atoms with Gasteiger partial charge in [0, 0.05) is 19.3 Å². The predicted molar refractivity (Wildman–Crippen MR) is 84.0 cm³/mol. The molecule has 0 atom stereocenters. The molecule has 0 saturated carbocycles. The molecular formula is C15H12N6O2. The van der Waals surface area contributed by atoms with Crippen molar-refractivity contribution in [1.82, 2.24) is 24.1 Å². The average molecular weight is 308 g/mol.